The Hall–Kier alpha value is -18.2. The van der Waals surface area contributed by atoms with E-state index < -0.39 is 0 Å². The Morgan fingerprint density at radius 2 is 0.400 bits per heavy atom. The van der Waals surface area contributed by atoms with Crippen LogP contribution in [-0.2, 0) is 0 Å². The molecule has 0 aliphatic heterocycles. The van der Waals surface area contributed by atoms with Crippen molar-refractivity contribution in [3.05, 3.63) is 372 Å². The van der Waals surface area contributed by atoms with Crippen LogP contribution in [0.2, 0.25) is 0 Å². The van der Waals surface area contributed by atoms with Gasteiger partial charge in [0.05, 0.1) is 127 Å². The molecule has 0 saturated carbocycles. The van der Waals surface area contributed by atoms with Gasteiger partial charge in [0.2, 0.25) is 0 Å². The fourth-order valence-corrected chi connectivity index (χ4v) is 16.0. The van der Waals surface area contributed by atoms with Gasteiger partial charge in [0.25, 0.3) is 0 Å². The third kappa shape index (κ3) is 13.0. The number of nitrogens with zero attached hydrogens (tertiary/aromatic N) is 16. The zero-order valence-corrected chi connectivity index (χ0v) is 63.3. The molecule has 0 radical (unpaired) electrons. The van der Waals surface area contributed by atoms with Gasteiger partial charge in [0.15, 0.2) is 34.9 Å². The van der Waals surface area contributed by atoms with Crippen LogP contribution in [0.3, 0.4) is 0 Å². The Morgan fingerprint density at radius 3 is 0.650 bits per heavy atom. The summed E-state index contributed by atoms with van der Waals surface area (Å²) < 4.78 is 4.46. The van der Waals surface area contributed by atoms with Crippen molar-refractivity contribution in [2.45, 2.75) is 0 Å². The van der Waals surface area contributed by atoms with E-state index in [1.807, 2.05) is 188 Å². The monoisotopic (exact) mass is 1530 g/mol. The molecule has 16 heteroatoms. The van der Waals surface area contributed by atoms with Crippen molar-refractivity contribution in [2.24, 2.45) is 0 Å². The van der Waals surface area contributed by atoms with Crippen LogP contribution in [0.1, 0.15) is 44.5 Å². The van der Waals surface area contributed by atoms with Crippen molar-refractivity contribution < 1.29 is 0 Å². The third-order valence-electron chi connectivity index (χ3n) is 21.7. The molecule has 0 saturated heterocycles. The van der Waals surface area contributed by atoms with E-state index in [4.69, 9.17) is 29.9 Å². The lowest BCUT2D eigenvalue weighted by Gasteiger charge is -2.19. The van der Waals surface area contributed by atoms with Crippen molar-refractivity contribution in [2.75, 3.05) is 0 Å². The second-order valence-corrected chi connectivity index (χ2v) is 28.7. The minimum Gasteiger partial charge on any atom is -0.309 e. The first-order valence-corrected chi connectivity index (χ1v) is 38.2. The highest BCUT2D eigenvalue weighted by Crippen LogP contribution is 2.46. The second kappa shape index (κ2) is 30.4. The van der Waals surface area contributed by atoms with E-state index in [0.717, 1.165) is 122 Å². The predicted octanol–water partition coefficient (Wildman–Crippen LogP) is 23.2. The number of nitriles is 8. The Bertz CT molecular complexity index is 7040. The van der Waals surface area contributed by atoms with Crippen molar-refractivity contribution in [1.82, 2.24) is 39.0 Å². The molecule has 0 spiro atoms. The maximum Gasteiger partial charge on any atom is 0.164 e. The molecule has 0 unspecified atom stereocenters. The molecule has 19 aromatic rings. The number of rotatable bonds is 14. The fourth-order valence-electron chi connectivity index (χ4n) is 16.0. The molecule has 550 valence electrons. The summed E-state index contributed by atoms with van der Waals surface area (Å²) >= 11 is 0. The van der Waals surface area contributed by atoms with Gasteiger partial charge < -0.3 is 9.13 Å². The predicted molar refractivity (Wildman–Crippen MR) is 465 cm³/mol. The van der Waals surface area contributed by atoms with E-state index in [-0.39, 0.29) is 0 Å². The van der Waals surface area contributed by atoms with Crippen LogP contribution in [0.5, 0.6) is 0 Å². The van der Waals surface area contributed by atoms with Gasteiger partial charge in [-0.3, -0.25) is 0 Å². The Morgan fingerprint density at radius 1 is 0.175 bits per heavy atom. The van der Waals surface area contributed by atoms with E-state index in [0.29, 0.717) is 113 Å². The summed E-state index contributed by atoms with van der Waals surface area (Å²) in [5.41, 5.74) is 20.5. The van der Waals surface area contributed by atoms with Crippen LogP contribution in [-0.4, -0.2) is 39.0 Å². The standard InChI is InChI=1S/C104H54N16/c105-55-63-24-34-83(79(44-63)59-109)73-30-40-93-89(49-73)90-50-74(84-35-25-64(56-106)45-80(84)60-110)31-41-94(90)119(93)97-53-77(103-115-99(67-14-5-1-6-15-67)113-100(116-103)68-16-7-2-8-17-68)28-38-87(97)71-22-13-23-72(48-71)88-39-29-78(104-117-101(69-18-9-3-10-19-69)114-102(118-104)70-20-11-4-12-21-70)54-98(88)120-95-42-32-75(85-36-26-65(57-107)46-81(85)61-111)51-91(95)92-52-76(33-43-96(92)120)86-37-27-66(58-108)47-82(86)62-112/h1-54H. The largest absolute Gasteiger partial charge is 0.309 e. The maximum atomic E-state index is 10.7. The number of benzene rings is 15. The topological polar surface area (TPSA) is 278 Å². The molecule has 120 heavy (non-hydrogen) atoms. The molecule has 4 aromatic heterocycles. The zero-order valence-electron chi connectivity index (χ0n) is 63.3. The normalized spacial score (nSPS) is 10.9. The van der Waals surface area contributed by atoms with E-state index >= 15 is 0 Å². The van der Waals surface area contributed by atoms with E-state index in [9.17, 15) is 42.1 Å². The molecule has 15 aromatic carbocycles. The molecule has 0 N–H and O–H groups in total. The lowest BCUT2D eigenvalue weighted by Crippen LogP contribution is -2.03. The zero-order chi connectivity index (χ0) is 81.5. The summed E-state index contributed by atoms with van der Waals surface area (Å²) in [5.74, 6) is 2.72. The average Bonchev–Trinajstić information content (AvgIpc) is 1.58. The van der Waals surface area contributed by atoms with E-state index in [1.54, 1.807) is 72.8 Å². The average molecular weight is 1530 g/mol. The van der Waals surface area contributed by atoms with Crippen LogP contribution < -0.4 is 0 Å². The molecule has 0 amide bonds. The van der Waals surface area contributed by atoms with Gasteiger partial charge in [-0.15, -0.1) is 0 Å². The Kier molecular flexibility index (Phi) is 18.3. The molecule has 0 aliphatic carbocycles. The van der Waals surface area contributed by atoms with Gasteiger partial charge in [0.1, 0.15) is 0 Å². The van der Waals surface area contributed by atoms with Crippen molar-refractivity contribution in [1.29, 1.82) is 42.1 Å². The van der Waals surface area contributed by atoms with Gasteiger partial charge >= 0.3 is 0 Å². The highest BCUT2D eigenvalue weighted by Gasteiger charge is 2.26. The first-order valence-electron chi connectivity index (χ1n) is 38.2. The van der Waals surface area contributed by atoms with Crippen molar-refractivity contribution in [3.8, 4) is 195 Å². The lowest BCUT2D eigenvalue weighted by atomic mass is 9.94. The molecule has 0 bridgehead atoms. The van der Waals surface area contributed by atoms with E-state index in [1.165, 1.54) is 0 Å². The summed E-state index contributed by atoms with van der Waals surface area (Å²) in [4.78, 5) is 31.3. The first kappa shape index (κ1) is 72.1. The quantitative estimate of drug-likeness (QED) is 0.0979. The summed E-state index contributed by atoms with van der Waals surface area (Å²) in [6.07, 6.45) is 0. The van der Waals surface area contributed by atoms with Crippen LogP contribution in [0, 0.1) is 90.6 Å². The van der Waals surface area contributed by atoms with Crippen molar-refractivity contribution in [3.63, 3.8) is 0 Å². The van der Waals surface area contributed by atoms with Crippen molar-refractivity contribution >= 4 is 43.6 Å². The van der Waals surface area contributed by atoms with Crippen LogP contribution in [0.25, 0.3) is 190 Å². The minimum absolute atomic E-state index is 0.329. The van der Waals surface area contributed by atoms with Gasteiger partial charge in [-0.05, 0) is 171 Å². The van der Waals surface area contributed by atoms with Crippen LogP contribution in [0.4, 0.5) is 0 Å². The number of hydrogen-bond donors (Lipinski definition) is 0. The number of hydrogen-bond acceptors (Lipinski definition) is 14. The molecule has 16 nitrogen and oxygen atoms in total. The van der Waals surface area contributed by atoms with Gasteiger partial charge in [-0.1, -0.05) is 212 Å². The Labute approximate surface area is 687 Å². The Balaban J connectivity index is 0.882. The minimum atomic E-state index is 0.329. The summed E-state index contributed by atoms with van der Waals surface area (Å²) in [5, 5.41) is 86.0. The van der Waals surface area contributed by atoms with Crippen LogP contribution in [0.15, 0.2) is 328 Å². The van der Waals surface area contributed by atoms with Gasteiger partial charge in [-0.2, -0.15) is 42.1 Å². The second-order valence-electron chi connectivity index (χ2n) is 28.7. The smallest absolute Gasteiger partial charge is 0.164 e. The summed E-state index contributed by atoms with van der Waals surface area (Å²) in [6.45, 7) is 0. The summed E-state index contributed by atoms with van der Waals surface area (Å²) in [7, 11) is 0. The molecule has 0 fully saturated rings. The molecule has 0 atom stereocenters. The van der Waals surface area contributed by atoms with Gasteiger partial charge in [-0.25, -0.2) is 29.9 Å². The molecule has 4 heterocycles. The summed E-state index contributed by atoms with van der Waals surface area (Å²) in [6, 6.07) is 123. The third-order valence-corrected chi connectivity index (χ3v) is 21.7. The molecular formula is C104H54N16. The fraction of sp³-hybridized carbons (Fsp3) is 0. The molecule has 0 aliphatic rings. The lowest BCUT2D eigenvalue weighted by molar-refractivity contribution is 1.07. The first-order chi connectivity index (χ1) is 59.1. The maximum absolute atomic E-state index is 10.7. The SMILES string of the molecule is N#Cc1ccc(-c2ccc3c(c2)c2cc(-c4ccc(C#N)cc4C#N)ccc2n3-c2cc(-c3nc(-c4ccccc4)nc(-c4ccccc4)n3)ccc2-c2cccc(-c3ccc(-c4nc(-c5ccccc5)nc(-c5ccccc5)n4)cc3-n3c4ccc(-c5ccc(C#N)cc5C#N)cc4c4cc(-c5ccc(C#N)cc5C#N)ccc43)c2)c(C#N)c1. The highest BCUT2D eigenvalue weighted by atomic mass is 15.1. The molecule has 19 rings (SSSR count). The number of fused-ring (bicyclic) bond motifs is 6. The van der Waals surface area contributed by atoms with Gasteiger partial charge in [0, 0.05) is 66.1 Å². The van der Waals surface area contributed by atoms with E-state index in [2.05, 4.69) is 124 Å². The highest BCUT2D eigenvalue weighted by molar-refractivity contribution is 6.14. The number of aromatic nitrogens is 8. The van der Waals surface area contributed by atoms with Crippen LogP contribution >= 0.6 is 0 Å². The molecular weight excluding hydrogens is 1470 g/mol.